The Kier molecular flexibility index (Phi) is 3.46. The van der Waals surface area contributed by atoms with Crippen molar-refractivity contribution in [2.75, 3.05) is 6.61 Å². The molecule has 0 aliphatic carbocycles. The number of hydrogen-bond acceptors (Lipinski definition) is 3. The number of hydrogen-bond donors (Lipinski definition) is 1. The molecule has 2 nitrogen and oxygen atoms in total. The van der Waals surface area contributed by atoms with E-state index in [2.05, 4.69) is 15.9 Å². The average molecular weight is 305 g/mol. The monoisotopic (exact) mass is 304 g/mol. The van der Waals surface area contributed by atoms with E-state index >= 15 is 0 Å². The topological polar surface area (TPSA) is 29.5 Å². The predicted octanol–water partition coefficient (Wildman–Crippen LogP) is 3.37. The third-order valence-electron chi connectivity index (χ3n) is 3.00. The van der Waals surface area contributed by atoms with Crippen LogP contribution in [0.4, 0.5) is 0 Å². The van der Waals surface area contributed by atoms with Gasteiger partial charge in [-0.05, 0) is 47.6 Å². The van der Waals surface area contributed by atoms with Gasteiger partial charge in [0.1, 0.15) is 0 Å². The SMILES string of the molecule is CC1(C)CC(O)(Cc2sccc2Br)CCO1. The van der Waals surface area contributed by atoms with Crippen molar-refractivity contribution in [3.63, 3.8) is 0 Å². The lowest BCUT2D eigenvalue weighted by Gasteiger charge is -2.41. The lowest BCUT2D eigenvalue weighted by atomic mass is 9.82. The molecule has 0 radical (unpaired) electrons. The molecule has 0 amide bonds. The second-order valence-electron chi connectivity index (χ2n) is 5.13. The van der Waals surface area contributed by atoms with Crippen LogP contribution in [0.2, 0.25) is 0 Å². The standard InChI is InChI=1S/C12H17BrO2S/c1-11(2)8-12(14,4-5-15-11)7-10-9(13)3-6-16-10/h3,6,14H,4-5,7-8H2,1-2H3. The Morgan fingerprint density at radius 1 is 1.56 bits per heavy atom. The molecule has 0 saturated carbocycles. The van der Waals surface area contributed by atoms with Crippen LogP contribution in [0.1, 0.15) is 31.6 Å². The molecule has 1 aliphatic rings. The van der Waals surface area contributed by atoms with Gasteiger partial charge in [-0.1, -0.05) is 0 Å². The summed E-state index contributed by atoms with van der Waals surface area (Å²) >= 11 is 5.21. The van der Waals surface area contributed by atoms with Gasteiger partial charge in [-0.25, -0.2) is 0 Å². The van der Waals surface area contributed by atoms with Crippen molar-refractivity contribution in [2.45, 2.75) is 44.3 Å². The van der Waals surface area contributed by atoms with Crippen molar-refractivity contribution in [2.24, 2.45) is 0 Å². The molecule has 1 saturated heterocycles. The first kappa shape index (κ1) is 12.6. The molecule has 1 N–H and O–H groups in total. The zero-order valence-corrected chi connectivity index (χ0v) is 12.0. The van der Waals surface area contributed by atoms with Crippen LogP contribution in [0.3, 0.4) is 0 Å². The Bertz CT molecular complexity index is 375. The fourth-order valence-corrected chi connectivity index (χ4v) is 3.98. The van der Waals surface area contributed by atoms with Crippen molar-refractivity contribution in [3.8, 4) is 0 Å². The van der Waals surface area contributed by atoms with Crippen LogP contribution >= 0.6 is 27.3 Å². The molecule has 0 spiro atoms. The van der Waals surface area contributed by atoms with Crippen LogP contribution in [0.25, 0.3) is 0 Å². The minimum atomic E-state index is -0.616. The summed E-state index contributed by atoms with van der Waals surface area (Å²) in [5, 5.41) is 12.7. The van der Waals surface area contributed by atoms with Gasteiger partial charge >= 0.3 is 0 Å². The molecular formula is C12H17BrO2S. The highest BCUT2D eigenvalue weighted by molar-refractivity contribution is 9.10. The van der Waals surface area contributed by atoms with Gasteiger partial charge in [0.15, 0.2) is 0 Å². The van der Waals surface area contributed by atoms with Crippen LogP contribution in [0, 0.1) is 0 Å². The van der Waals surface area contributed by atoms with E-state index in [4.69, 9.17) is 4.74 Å². The summed E-state index contributed by atoms with van der Waals surface area (Å²) in [5.41, 5.74) is -0.828. The van der Waals surface area contributed by atoms with E-state index in [1.807, 2.05) is 25.3 Å². The fraction of sp³-hybridized carbons (Fsp3) is 0.667. The summed E-state index contributed by atoms with van der Waals surface area (Å²) < 4.78 is 6.75. The molecule has 1 aromatic heterocycles. The molecule has 1 aromatic rings. The molecule has 16 heavy (non-hydrogen) atoms. The van der Waals surface area contributed by atoms with E-state index < -0.39 is 5.60 Å². The predicted molar refractivity (Wildman–Crippen MR) is 69.9 cm³/mol. The van der Waals surface area contributed by atoms with Crippen molar-refractivity contribution < 1.29 is 9.84 Å². The largest absolute Gasteiger partial charge is 0.389 e. The van der Waals surface area contributed by atoms with Gasteiger partial charge in [0.2, 0.25) is 0 Å². The number of ether oxygens (including phenoxy) is 1. The van der Waals surface area contributed by atoms with E-state index in [0.29, 0.717) is 13.0 Å². The highest BCUT2D eigenvalue weighted by atomic mass is 79.9. The van der Waals surface area contributed by atoms with E-state index in [1.165, 1.54) is 4.88 Å². The first-order valence-electron chi connectivity index (χ1n) is 5.48. The lowest BCUT2D eigenvalue weighted by molar-refractivity contribution is -0.143. The van der Waals surface area contributed by atoms with Gasteiger partial charge in [0.05, 0.1) is 17.8 Å². The van der Waals surface area contributed by atoms with Gasteiger partial charge in [-0.15, -0.1) is 11.3 Å². The second kappa shape index (κ2) is 4.41. The maximum atomic E-state index is 10.6. The van der Waals surface area contributed by atoms with E-state index in [-0.39, 0.29) is 5.60 Å². The molecule has 1 atom stereocenters. The Morgan fingerprint density at radius 2 is 2.31 bits per heavy atom. The zero-order valence-electron chi connectivity index (χ0n) is 9.62. The average Bonchev–Trinajstić information content (AvgIpc) is 2.48. The maximum Gasteiger partial charge on any atom is 0.0745 e. The highest BCUT2D eigenvalue weighted by Crippen LogP contribution is 2.37. The van der Waals surface area contributed by atoms with E-state index in [9.17, 15) is 5.11 Å². The molecule has 2 rings (SSSR count). The van der Waals surface area contributed by atoms with Crippen LogP contribution < -0.4 is 0 Å². The van der Waals surface area contributed by atoms with Crippen molar-refractivity contribution in [3.05, 3.63) is 20.8 Å². The van der Waals surface area contributed by atoms with Crippen LogP contribution in [-0.4, -0.2) is 22.9 Å². The zero-order chi connectivity index (χ0) is 11.8. The van der Waals surface area contributed by atoms with Gasteiger partial charge < -0.3 is 9.84 Å². The molecule has 0 aromatic carbocycles. The van der Waals surface area contributed by atoms with E-state index in [1.54, 1.807) is 11.3 Å². The molecule has 4 heteroatoms. The van der Waals surface area contributed by atoms with Gasteiger partial charge in [0, 0.05) is 22.2 Å². The maximum absolute atomic E-state index is 10.6. The van der Waals surface area contributed by atoms with Crippen molar-refractivity contribution in [1.82, 2.24) is 0 Å². The molecule has 1 aliphatic heterocycles. The summed E-state index contributed by atoms with van der Waals surface area (Å²) in [6.45, 7) is 4.73. The van der Waals surface area contributed by atoms with Gasteiger partial charge in [0.25, 0.3) is 0 Å². The summed E-state index contributed by atoms with van der Waals surface area (Å²) in [6, 6.07) is 2.04. The minimum absolute atomic E-state index is 0.212. The lowest BCUT2D eigenvalue weighted by Crippen LogP contribution is -2.47. The summed E-state index contributed by atoms with van der Waals surface area (Å²) in [4.78, 5) is 1.22. The van der Waals surface area contributed by atoms with Crippen molar-refractivity contribution in [1.29, 1.82) is 0 Å². The number of aliphatic hydroxyl groups is 1. The molecule has 0 bridgehead atoms. The molecular weight excluding hydrogens is 288 g/mol. The number of thiophene rings is 1. The van der Waals surface area contributed by atoms with Crippen LogP contribution in [-0.2, 0) is 11.2 Å². The first-order valence-corrected chi connectivity index (χ1v) is 7.16. The molecule has 90 valence electrons. The molecule has 1 unspecified atom stereocenters. The minimum Gasteiger partial charge on any atom is -0.389 e. The van der Waals surface area contributed by atoms with E-state index in [0.717, 1.165) is 17.3 Å². The third kappa shape index (κ3) is 2.86. The van der Waals surface area contributed by atoms with Crippen LogP contribution in [0.5, 0.6) is 0 Å². The normalized spacial score (nSPS) is 29.2. The van der Waals surface area contributed by atoms with Crippen LogP contribution in [0.15, 0.2) is 15.9 Å². The van der Waals surface area contributed by atoms with Gasteiger partial charge in [-0.3, -0.25) is 0 Å². The summed E-state index contributed by atoms with van der Waals surface area (Å²) in [6.07, 6.45) is 2.14. The smallest absolute Gasteiger partial charge is 0.0745 e. The molecule has 1 fully saturated rings. The number of rotatable bonds is 2. The fourth-order valence-electron chi connectivity index (χ4n) is 2.35. The highest BCUT2D eigenvalue weighted by Gasteiger charge is 2.39. The van der Waals surface area contributed by atoms with Gasteiger partial charge in [-0.2, -0.15) is 0 Å². The first-order chi connectivity index (χ1) is 7.40. The Labute approximate surface area is 109 Å². The Hall–Kier alpha value is 0.1000. The third-order valence-corrected chi connectivity index (χ3v) is 4.92. The quantitative estimate of drug-likeness (QED) is 0.908. The Morgan fingerprint density at radius 3 is 2.88 bits per heavy atom. The molecule has 2 heterocycles. The number of halogens is 1. The van der Waals surface area contributed by atoms with Crippen molar-refractivity contribution >= 4 is 27.3 Å². The second-order valence-corrected chi connectivity index (χ2v) is 6.98. The summed E-state index contributed by atoms with van der Waals surface area (Å²) in [5.74, 6) is 0. The summed E-state index contributed by atoms with van der Waals surface area (Å²) in [7, 11) is 0. The Balaban J connectivity index is 2.11.